The Hall–Kier alpha value is -0.410. The summed E-state index contributed by atoms with van der Waals surface area (Å²) < 4.78 is 0. The Bertz CT molecular complexity index is 269. The van der Waals surface area contributed by atoms with Crippen molar-refractivity contribution >= 4 is 32.9 Å². The number of allylic oxidation sites excluding steroid dienone is 1. The minimum atomic E-state index is 1.01. The van der Waals surface area contributed by atoms with Crippen molar-refractivity contribution in [2.45, 2.75) is 0 Å². The van der Waals surface area contributed by atoms with Gasteiger partial charge in [-0.05, 0) is 16.9 Å². The maximum atomic E-state index is 3.20. The lowest BCUT2D eigenvalue weighted by atomic mass is 10.5. The van der Waals surface area contributed by atoms with Gasteiger partial charge in [-0.2, -0.15) is 0 Å². The highest BCUT2D eigenvalue weighted by atomic mass is 32.2. The number of hydrogen-bond acceptors (Lipinski definition) is 2. The monoisotopic (exact) mass is 169 g/mol. The lowest BCUT2D eigenvalue weighted by Gasteiger charge is -1.92. The normalized spacial score (nSPS) is 21.6. The molecule has 0 amide bonds. The highest BCUT2D eigenvalue weighted by Crippen LogP contribution is 2.22. The molecule has 0 aromatic heterocycles. The van der Waals surface area contributed by atoms with Crippen LogP contribution in [0.4, 0.5) is 0 Å². The third-order valence-corrected chi connectivity index (χ3v) is 3.32. The van der Waals surface area contributed by atoms with Gasteiger partial charge in [-0.25, -0.2) is 0 Å². The third kappa shape index (κ3) is 1.07. The number of thioether (sulfide) groups is 1. The molecule has 0 aromatic rings. The minimum absolute atomic E-state index is 1.01. The molecule has 3 heteroatoms. The van der Waals surface area contributed by atoms with Crippen LogP contribution >= 0.6 is 22.7 Å². The van der Waals surface area contributed by atoms with Crippen LogP contribution in [0.15, 0.2) is 22.6 Å². The second-order valence-corrected chi connectivity index (χ2v) is 3.96. The molecule has 10 heavy (non-hydrogen) atoms. The van der Waals surface area contributed by atoms with Crippen molar-refractivity contribution in [3.05, 3.63) is 22.6 Å². The molecule has 0 saturated heterocycles. The molecule has 0 saturated carbocycles. The van der Waals surface area contributed by atoms with Crippen LogP contribution in [0.1, 0.15) is 0 Å². The smallest absolute Gasteiger partial charge is 0.0501 e. The summed E-state index contributed by atoms with van der Waals surface area (Å²) in [7, 11) is 1.81. The van der Waals surface area contributed by atoms with Crippen LogP contribution in [0, 0.1) is 0 Å². The van der Waals surface area contributed by atoms with Gasteiger partial charge in [0.2, 0.25) is 0 Å². The largest absolute Gasteiger partial charge is 0.385 e. The molecule has 1 nitrogen and oxygen atoms in total. The summed E-state index contributed by atoms with van der Waals surface area (Å²) in [6.45, 7) is 1.01. The van der Waals surface area contributed by atoms with Gasteiger partial charge in [-0.3, -0.25) is 0 Å². The van der Waals surface area contributed by atoms with Gasteiger partial charge < -0.3 is 5.32 Å². The maximum absolute atomic E-state index is 3.20. The second-order valence-electron chi connectivity index (χ2n) is 2.01. The Morgan fingerprint density at radius 3 is 3.50 bits per heavy atom. The Morgan fingerprint density at radius 2 is 2.50 bits per heavy atom. The second kappa shape index (κ2) is 2.68. The first-order valence-corrected chi connectivity index (χ1v) is 4.84. The van der Waals surface area contributed by atoms with Gasteiger partial charge in [0.1, 0.15) is 0 Å². The number of rotatable bonds is 0. The number of fused-ring (bicyclic) bond motifs is 1. The van der Waals surface area contributed by atoms with Gasteiger partial charge in [0.05, 0.1) is 6.54 Å². The predicted molar refractivity (Wildman–Crippen MR) is 51.5 cm³/mol. The van der Waals surface area contributed by atoms with Crippen LogP contribution < -0.4 is 5.32 Å². The first-order valence-electron chi connectivity index (χ1n) is 3.08. The summed E-state index contributed by atoms with van der Waals surface area (Å²) in [6.07, 6.45) is 4.16. The first kappa shape index (κ1) is 6.31. The zero-order valence-corrected chi connectivity index (χ0v) is 6.97. The lowest BCUT2D eigenvalue weighted by Crippen LogP contribution is -2.06. The van der Waals surface area contributed by atoms with Gasteiger partial charge in [-0.15, -0.1) is 10.9 Å². The van der Waals surface area contributed by atoms with E-state index in [0.717, 1.165) is 6.54 Å². The predicted octanol–water partition coefficient (Wildman–Crippen LogP) is 1.40. The summed E-state index contributed by atoms with van der Waals surface area (Å²) >= 11 is 1.78. The molecule has 2 heterocycles. The maximum Gasteiger partial charge on any atom is 0.0501 e. The van der Waals surface area contributed by atoms with Crippen molar-refractivity contribution in [2.24, 2.45) is 0 Å². The van der Waals surface area contributed by atoms with Crippen molar-refractivity contribution in [3.8, 4) is 0 Å². The Labute approximate surface area is 67.7 Å². The van der Waals surface area contributed by atoms with Crippen LogP contribution in [0.25, 0.3) is 0 Å². The molecule has 2 rings (SSSR count). The van der Waals surface area contributed by atoms with Gasteiger partial charge in [0.25, 0.3) is 0 Å². The molecule has 0 atom stereocenters. The molecule has 0 spiro atoms. The third-order valence-electron chi connectivity index (χ3n) is 1.33. The molecule has 52 valence electrons. The van der Waals surface area contributed by atoms with E-state index in [9.17, 15) is 0 Å². The van der Waals surface area contributed by atoms with E-state index in [1.165, 1.54) is 9.77 Å². The molecule has 2 aliphatic rings. The Kier molecular flexibility index (Phi) is 1.69. The zero-order chi connectivity index (χ0) is 6.81. The topological polar surface area (TPSA) is 12.0 Å². The summed E-state index contributed by atoms with van der Waals surface area (Å²) in [5, 5.41) is 7.43. The fraction of sp³-hybridized carbons (Fsp3) is 0.143. The summed E-state index contributed by atoms with van der Waals surface area (Å²) in [5.74, 6) is 0. The van der Waals surface area contributed by atoms with Gasteiger partial charge in [0, 0.05) is 16.0 Å². The standard InChI is InChI=1S/C7H7NS2/c1-2-9-6-4-8-5-7(6)10-3-1/h1-4,8H,5H2. The molecule has 0 unspecified atom stereocenters. The van der Waals surface area contributed by atoms with E-state index in [-0.39, 0.29) is 0 Å². The fourth-order valence-electron chi connectivity index (χ4n) is 0.870. The molecule has 2 aliphatic heterocycles. The number of nitrogens with one attached hydrogen (secondary N) is 1. The molecular formula is C7H7NS2. The van der Waals surface area contributed by atoms with Crippen molar-refractivity contribution in [3.63, 3.8) is 0 Å². The SMILES string of the molecule is C1=CSC2=CNCC2=S=C1. The van der Waals surface area contributed by atoms with Crippen LogP contribution in [-0.2, 0) is 0 Å². The van der Waals surface area contributed by atoms with E-state index >= 15 is 0 Å². The van der Waals surface area contributed by atoms with E-state index < -0.39 is 0 Å². The Balaban J connectivity index is 2.46. The van der Waals surface area contributed by atoms with Gasteiger partial charge >= 0.3 is 0 Å². The van der Waals surface area contributed by atoms with E-state index in [0.29, 0.717) is 0 Å². The van der Waals surface area contributed by atoms with E-state index in [1.807, 2.05) is 10.9 Å². The van der Waals surface area contributed by atoms with Crippen molar-refractivity contribution in [1.82, 2.24) is 5.32 Å². The molecule has 0 bridgehead atoms. The summed E-state index contributed by atoms with van der Waals surface area (Å²) in [4.78, 5) is 2.81. The molecule has 0 fully saturated rings. The first-order chi connectivity index (χ1) is 4.97. The van der Waals surface area contributed by atoms with Crippen LogP contribution in [0.2, 0.25) is 0 Å². The molecule has 0 aromatic carbocycles. The summed E-state index contributed by atoms with van der Waals surface area (Å²) in [6, 6.07) is 0. The Morgan fingerprint density at radius 1 is 1.50 bits per heavy atom. The van der Waals surface area contributed by atoms with Gasteiger partial charge in [0.15, 0.2) is 0 Å². The van der Waals surface area contributed by atoms with Crippen LogP contribution in [0.3, 0.4) is 0 Å². The molecule has 0 aliphatic carbocycles. The molecular weight excluding hydrogens is 162 g/mol. The summed E-state index contributed by atoms with van der Waals surface area (Å²) in [5.41, 5.74) is 0. The zero-order valence-electron chi connectivity index (χ0n) is 5.33. The van der Waals surface area contributed by atoms with Crippen molar-refractivity contribution in [1.29, 1.82) is 0 Å². The van der Waals surface area contributed by atoms with Crippen LogP contribution in [-0.4, -0.2) is 16.8 Å². The molecule has 0 radical (unpaired) electrons. The van der Waals surface area contributed by atoms with Crippen molar-refractivity contribution in [2.75, 3.05) is 6.54 Å². The number of hydrogen-bond donors (Lipinski definition) is 1. The van der Waals surface area contributed by atoms with Crippen molar-refractivity contribution < 1.29 is 0 Å². The quantitative estimate of drug-likeness (QED) is 0.550. The average molecular weight is 169 g/mol. The van der Waals surface area contributed by atoms with E-state index in [4.69, 9.17) is 0 Å². The molecule has 1 N–H and O–H groups in total. The highest BCUT2D eigenvalue weighted by Gasteiger charge is 2.10. The van der Waals surface area contributed by atoms with E-state index in [2.05, 4.69) is 28.4 Å². The van der Waals surface area contributed by atoms with Gasteiger partial charge in [-0.1, -0.05) is 11.8 Å². The highest BCUT2D eigenvalue weighted by molar-refractivity contribution is 8.09. The minimum Gasteiger partial charge on any atom is -0.385 e. The average Bonchev–Trinajstić information content (AvgIpc) is 2.28. The van der Waals surface area contributed by atoms with E-state index in [1.54, 1.807) is 11.8 Å². The fourth-order valence-corrected chi connectivity index (χ4v) is 2.58. The lowest BCUT2D eigenvalue weighted by molar-refractivity contribution is 1.06. The van der Waals surface area contributed by atoms with Crippen LogP contribution in [0.5, 0.6) is 0 Å².